The minimum atomic E-state index is -3.57. The second kappa shape index (κ2) is 5.43. The van der Waals surface area contributed by atoms with Gasteiger partial charge in [-0.15, -0.1) is 0 Å². The fraction of sp³-hybridized carbons (Fsp3) is 0.500. The van der Waals surface area contributed by atoms with E-state index in [4.69, 9.17) is 0 Å². The molecule has 1 heterocycles. The first-order chi connectivity index (χ1) is 8.96. The standard InChI is InChI=1S/C14H19NO3S/c1-11-6-7-12(2)14(9-11)19(17,18)15-8-4-3-5-13(15)10-16/h6-7,9-10,13H,3-5,8H2,1-2H3. The first-order valence-electron chi connectivity index (χ1n) is 6.51. The zero-order chi connectivity index (χ0) is 14.0. The Morgan fingerprint density at radius 3 is 2.68 bits per heavy atom. The van der Waals surface area contributed by atoms with Crippen molar-refractivity contribution in [2.24, 2.45) is 0 Å². The smallest absolute Gasteiger partial charge is 0.243 e. The Bertz CT molecular complexity index is 580. The number of carbonyl (C=O) groups is 1. The van der Waals surface area contributed by atoms with Gasteiger partial charge in [-0.2, -0.15) is 4.31 Å². The van der Waals surface area contributed by atoms with Gasteiger partial charge in [-0.1, -0.05) is 18.6 Å². The number of rotatable bonds is 3. The third kappa shape index (κ3) is 2.72. The highest BCUT2D eigenvalue weighted by Crippen LogP contribution is 2.26. The van der Waals surface area contributed by atoms with E-state index in [9.17, 15) is 13.2 Å². The van der Waals surface area contributed by atoms with Crippen LogP contribution < -0.4 is 0 Å². The molecule has 1 aliphatic heterocycles. The number of hydrogen-bond acceptors (Lipinski definition) is 3. The lowest BCUT2D eigenvalue weighted by Gasteiger charge is -2.31. The van der Waals surface area contributed by atoms with Crippen LogP contribution in [0, 0.1) is 13.8 Å². The van der Waals surface area contributed by atoms with Gasteiger partial charge in [0.1, 0.15) is 6.29 Å². The van der Waals surface area contributed by atoms with Gasteiger partial charge in [-0.25, -0.2) is 8.42 Å². The topological polar surface area (TPSA) is 54.5 Å². The van der Waals surface area contributed by atoms with Crippen LogP contribution in [0.3, 0.4) is 0 Å². The molecule has 1 aliphatic rings. The molecule has 5 heteroatoms. The molecular weight excluding hydrogens is 262 g/mol. The Labute approximate surface area is 114 Å². The van der Waals surface area contributed by atoms with Crippen LogP contribution in [0.2, 0.25) is 0 Å². The second-order valence-electron chi connectivity index (χ2n) is 5.08. The molecule has 2 rings (SSSR count). The van der Waals surface area contributed by atoms with Gasteiger partial charge in [0.25, 0.3) is 0 Å². The number of carbonyl (C=O) groups excluding carboxylic acids is 1. The van der Waals surface area contributed by atoms with E-state index in [0.29, 0.717) is 17.9 Å². The summed E-state index contributed by atoms with van der Waals surface area (Å²) in [4.78, 5) is 11.4. The molecule has 0 saturated carbocycles. The minimum Gasteiger partial charge on any atom is -0.302 e. The summed E-state index contributed by atoms with van der Waals surface area (Å²) in [6.45, 7) is 4.08. The first-order valence-corrected chi connectivity index (χ1v) is 7.95. The summed E-state index contributed by atoms with van der Waals surface area (Å²) in [6.07, 6.45) is 3.09. The molecule has 1 saturated heterocycles. The molecular formula is C14H19NO3S. The maximum Gasteiger partial charge on any atom is 0.243 e. The number of sulfonamides is 1. The van der Waals surface area contributed by atoms with Crippen molar-refractivity contribution in [2.75, 3.05) is 6.54 Å². The van der Waals surface area contributed by atoms with E-state index in [1.54, 1.807) is 13.0 Å². The van der Waals surface area contributed by atoms with Crippen molar-refractivity contribution in [3.63, 3.8) is 0 Å². The van der Waals surface area contributed by atoms with E-state index in [-0.39, 0.29) is 0 Å². The Balaban J connectivity index is 2.46. The average Bonchev–Trinajstić information content (AvgIpc) is 2.41. The fourth-order valence-corrected chi connectivity index (χ4v) is 4.42. The Morgan fingerprint density at radius 1 is 1.26 bits per heavy atom. The van der Waals surface area contributed by atoms with Gasteiger partial charge < -0.3 is 4.79 Å². The zero-order valence-electron chi connectivity index (χ0n) is 11.3. The van der Waals surface area contributed by atoms with Crippen molar-refractivity contribution in [3.05, 3.63) is 29.3 Å². The highest BCUT2D eigenvalue weighted by molar-refractivity contribution is 7.89. The van der Waals surface area contributed by atoms with E-state index in [2.05, 4.69) is 0 Å². The van der Waals surface area contributed by atoms with E-state index >= 15 is 0 Å². The zero-order valence-corrected chi connectivity index (χ0v) is 12.1. The van der Waals surface area contributed by atoms with E-state index in [1.807, 2.05) is 19.1 Å². The lowest BCUT2D eigenvalue weighted by molar-refractivity contribution is -0.111. The van der Waals surface area contributed by atoms with Crippen LogP contribution >= 0.6 is 0 Å². The van der Waals surface area contributed by atoms with Crippen LogP contribution in [0.5, 0.6) is 0 Å². The van der Waals surface area contributed by atoms with Crippen molar-refractivity contribution in [2.45, 2.75) is 44.0 Å². The molecule has 0 bridgehead atoms. The van der Waals surface area contributed by atoms with Gasteiger partial charge in [0, 0.05) is 6.54 Å². The van der Waals surface area contributed by atoms with E-state index in [1.165, 1.54) is 4.31 Å². The molecule has 19 heavy (non-hydrogen) atoms. The number of aldehydes is 1. The summed E-state index contributed by atoms with van der Waals surface area (Å²) < 4.78 is 26.7. The summed E-state index contributed by atoms with van der Waals surface area (Å²) in [5.74, 6) is 0. The Hall–Kier alpha value is -1.20. The van der Waals surface area contributed by atoms with E-state index < -0.39 is 16.1 Å². The van der Waals surface area contributed by atoms with Crippen molar-refractivity contribution in [3.8, 4) is 0 Å². The number of hydrogen-bond donors (Lipinski definition) is 0. The molecule has 1 fully saturated rings. The van der Waals surface area contributed by atoms with Gasteiger partial charge in [0.05, 0.1) is 10.9 Å². The summed E-state index contributed by atoms with van der Waals surface area (Å²) >= 11 is 0. The fourth-order valence-electron chi connectivity index (χ4n) is 2.48. The number of aryl methyl sites for hydroxylation is 2. The molecule has 0 aliphatic carbocycles. The van der Waals surface area contributed by atoms with Gasteiger partial charge >= 0.3 is 0 Å². The van der Waals surface area contributed by atoms with Crippen LogP contribution in [0.15, 0.2) is 23.1 Å². The molecule has 0 spiro atoms. The SMILES string of the molecule is Cc1ccc(C)c(S(=O)(=O)N2CCCCC2C=O)c1. The Morgan fingerprint density at radius 2 is 2.00 bits per heavy atom. The monoisotopic (exact) mass is 281 g/mol. The van der Waals surface area contributed by atoms with Gasteiger partial charge in [-0.05, 0) is 43.9 Å². The number of nitrogens with zero attached hydrogens (tertiary/aromatic N) is 1. The van der Waals surface area contributed by atoms with Crippen LogP contribution in [0.25, 0.3) is 0 Å². The number of benzene rings is 1. The van der Waals surface area contributed by atoms with Gasteiger partial charge in [0.2, 0.25) is 10.0 Å². The normalized spacial score (nSPS) is 21.3. The van der Waals surface area contributed by atoms with Crippen molar-refractivity contribution in [1.82, 2.24) is 4.31 Å². The van der Waals surface area contributed by atoms with Crippen molar-refractivity contribution < 1.29 is 13.2 Å². The van der Waals surface area contributed by atoms with Crippen molar-refractivity contribution in [1.29, 1.82) is 0 Å². The lowest BCUT2D eigenvalue weighted by atomic mass is 10.1. The van der Waals surface area contributed by atoms with Crippen LogP contribution in [0.4, 0.5) is 0 Å². The highest BCUT2D eigenvalue weighted by Gasteiger charge is 2.34. The largest absolute Gasteiger partial charge is 0.302 e. The van der Waals surface area contributed by atoms with Crippen molar-refractivity contribution >= 4 is 16.3 Å². The third-order valence-electron chi connectivity index (χ3n) is 3.59. The molecule has 4 nitrogen and oxygen atoms in total. The average molecular weight is 281 g/mol. The lowest BCUT2D eigenvalue weighted by Crippen LogP contribution is -2.44. The maximum absolute atomic E-state index is 12.7. The predicted molar refractivity (Wildman–Crippen MR) is 73.5 cm³/mol. The molecule has 104 valence electrons. The summed E-state index contributed by atoms with van der Waals surface area (Å²) in [5.41, 5.74) is 1.63. The third-order valence-corrected chi connectivity index (χ3v) is 5.65. The minimum absolute atomic E-state index is 0.321. The first kappa shape index (κ1) is 14.2. The quantitative estimate of drug-likeness (QED) is 0.797. The predicted octanol–water partition coefficient (Wildman–Crippen LogP) is 2.05. The van der Waals surface area contributed by atoms with E-state index in [0.717, 1.165) is 30.3 Å². The number of piperidine rings is 1. The highest BCUT2D eigenvalue weighted by atomic mass is 32.2. The van der Waals surface area contributed by atoms with Crippen LogP contribution in [-0.4, -0.2) is 31.6 Å². The van der Waals surface area contributed by atoms with Crippen LogP contribution in [0.1, 0.15) is 30.4 Å². The van der Waals surface area contributed by atoms with Crippen LogP contribution in [-0.2, 0) is 14.8 Å². The molecule has 0 aromatic heterocycles. The second-order valence-corrected chi connectivity index (χ2v) is 6.94. The molecule has 1 unspecified atom stereocenters. The Kier molecular flexibility index (Phi) is 4.06. The van der Waals surface area contributed by atoms with Gasteiger partial charge in [-0.3, -0.25) is 0 Å². The molecule has 1 aromatic rings. The molecule has 1 aromatic carbocycles. The van der Waals surface area contributed by atoms with Gasteiger partial charge in [0.15, 0.2) is 0 Å². The molecule has 0 amide bonds. The summed E-state index contributed by atoms with van der Waals surface area (Å²) in [7, 11) is -3.57. The summed E-state index contributed by atoms with van der Waals surface area (Å²) in [5, 5.41) is 0. The maximum atomic E-state index is 12.7. The molecule has 0 radical (unpaired) electrons. The molecule has 1 atom stereocenters. The summed E-state index contributed by atoms with van der Waals surface area (Å²) in [6, 6.07) is 4.86. The molecule has 0 N–H and O–H groups in total.